The van der Waals surface area contributed by atoms with Gasteiger partial charge in [0, 0.05) is 6.04 Å². The Bertz CT molecular complexity index is 432. The number of halogens is 1. The van der Waals surface area contributed by atoms with Crippen LogP contribution in [-0.2, 0) is 4.74 Å². The quantitative estimate of drug-likeness (QED) is 0.760. The molecular weight excluding hydrogens is 215 g/mol. The second-order valence-corrected chi connectivity index (χ2v) is 3.60. The molecule has 86 valence electrons. The number of rotatable bonds is 3. The fourth-order valence-electron chi connectivity index (χ4n) is 1.28. The number of aromatic hydroxyl groups is 1. The van der Waals surface area contributed by atoms with Crippen LogP contribution < -0.4 is 5.32 Å². The largest absolute Gasteiger partial charge is 0.491 e. The SMILES string of the molecule is COC(=O)c1cc(F)c(O)nc1NC1CC1. The van der Waals surface area contributed by atoms with E-state index < -0.39 is 17.7 Å². The van der Waals surface area contributed by atoms with Crippen LogP contribution in [0.25, 0.3) is 0 Å². The number of methoxy groups -OCH3 is 1. The summed E-state index contributed by atoms with van der Waals surface area (Å²) < 4.78 is 17.6. The predicted molar refractivity (Wildman–Crippen MR) is 53.8 cm³/mol. The minimum atomic E-state index is -0.943. The zero-order valence-corrected chi connectivity index (χ0v) is 8.66. The van der Waals surface area contributed by atoms with Crippen LogP contribution >= 0.6 is 0 Å². The van der Waals surface area contributed by atoms with Crippen LogP contribution in [-0.4, -0.2) is 29.2 Å². The number of anilines is 1. The summed E-state index contributed by atoms with van der Waals surface area (Å²) >= 11 is 0. The molecule has 1 aliphatic rings. The molecule has 6 heteroatoms. The fourth-order valence-corrected chi connectivity index (χ4v) is 1.28. The summed E-state index contributed by atoms with van der Waals surface area (Å²) in [6.45, 7) is 0. The van der Waals surface area contributed by atoms with Gasteiger partial charge in [-0.25, -0.2) is 9.18 Å². The van der Waals surface area contributed by atoms with Crippen molar-refractivity contribution in [1.82, 2.24) is 4.98 Å². The Balaban J connectivity index is 2.37. The molecule has 2 N–H and O–H groups in total. The molecule has 1 aromatic heterocycles. The summed E-state index contributed by atoms with van der Waals surface area (Å²) in [5, 5.41) is 12.1. The van der Waals surface area contributed by atoms with Crippen molar-refractivity contribution in [3.63, 3.8) is 0 Å². The molecule has 1 heterocycles. The van der Waals surface area contributed by atoms with Crippen molar-refractivity contribution in [2.75, 3.05) is 12.4 Å². The molecule has 0 radical (unpaired) electrons. The molecule has 1 fully saturated rings. The Hall–Kier alpha value is -1.85. The first-order chi connectivity index (χ1) is 7.61. The topological polar surface area (TPSA) is 71.5 Å². The minimum absolute atomic E-state index is 0.00954. The number of esters is 1. The monoisotopic (exact) mass is 226 g/mol. The summed E-state index contributed by atoms with van der Waals surface area (Å²) in [6, 6.07) is 1.15. The van der Waals surface area contributed by atoms with Gasteiger partial charge >= 0.3 is 5.97 Å². The Labute approximate surface area is 91.3 Å². The van der Waals surface area contributed by atoms with Crippen LogP contribution in [0.15, 0.2) is 6.07 Å². The van der Waals surface area contributed by atoms with Gasteiger partial charge in [0.25, 0.3) is 0 Å². The molecule has 1 aromatic rings. The third kappa shape index (κ3) is 2.05. The normalized spacial score (nSPS) is 14.6. The first-order valence-corrected chi connectivity index (χ1v) is 4.86. The lowest BCUT2D eigenvalue weighted by Crippen LogP contribution is -2.12. The zero-order chi connectivity index (χ0) is 11.7. The average Bonchev–Trinajstić information content (AvgIpc) is 3.06. The molecule has 16 heavy (non-hydrogen) atoms. The van der Waals surface area contributed by atoms with Crippen LogP contribution in [0.1, 0.15) is 23.2 Å². The number of ether oxygens (including phenoxy) is 1. The Kier molecular flexibility index (Phi) is 2.64. The molecule has 0 bridgehead atoms. The zero-order valence-electron chi connectivity index (χ0n) is 8.66. The molecule has 0 aliphatic heterocycles. The van der Waals surface area contributed by atoms with Crippen LogP contribution in [0.5, 0.6) is 5.88 Å². The molecule has 1 aliphatic carbocycles. The second kappa shape index (κ2) is 3.96. The molecule has 0 saturated heterocycles. The van der Waals surface area contributed by atoms with Crippen LogP contribution in [0, 0.1) is 5.82 Å². The maximum absolute atomic E-state index is 13.1. The van der Waals surface area contributed by atoms with Gasteiger partial charge in [-0.2, -0.15) is 4.98 Å². The number of pyridine rings is 1. The molecule has 5 nitrogen and oxygen atoms in total. The molecule has 1 saturated carbocycles. The van der Waals surface area contributed by atoms with Gasteiger partial charge in [0.2, 0.25) is 5.88 Å². The van der Waals surface area contributed by atoms with E-state index in [1.165, 1.54) is 7.11 Å². The first-order valence-electron chi connectivity index (χ1n) is 4.86. The van der Waals surface area contributed by atoms with E-state index in [1.54, 1.807) is 0 Å². The molecular formula is C10H11FN2O3. The Morgan fingerprint density at radius 1 is 1.69 bits per heavy atom. The van der Waals surface area contributed by atoms with Gasteiger partial charge in [-0.15, -0.1) is 0 Å². The van der Waals surface area contributed by atoms with Gasteiger partial charge in [-0.05, 0) is 18.9 Å². The number of aromatic nitrogens is 1. The van der Waals surface area contributed by atoms with E-state index in [2.05, 4.69) is 15.0 Å². The number of carbonyl (C=O) groups is 1. The number of nitrogens with one attached hydrogen (secondary N) is 1. The van der Waals surface area contributed by atoms with E-state index >= 15 is 0 Å². The van der Waals surface area contributed by atoms with Gasteiger partial charge in [0.1, 0.15) is 11.4 Å². The summed E-state index contributed by atoms with van der Waals surface area (Å²) in [5.41, 5.74) is -0.00954. The standard InChI is InChI=1S/C10H11FN2O3/c1-16-10(15)6-4-7(11)9(14)13-8(6)12-5-2-3-5/h4-5H,2-3H2,1H3,(H2,12,13,14). The highest BCUT2D eigenvalue weighted by molar-refractivity contribution is 5.94. The minimum Gasteiger partial charge on any atom is -0.491 e. The summed E-state index contributed by atoms with van der Waals surface area (Å²) in [5.74, 6) is -2.19. The highest BCUT2D eigenvalue weighted by Gasteiger charge is 2.25. The van der Waals surface area contributed by atoms with Gasteiger partial charge in [-0.1, -0.05) is 0 Å². The van der Waals surface area contributed by atoms with Crippen molar-refractivity contribution < 1.29 is 19.0 Å². The first kappa shape index (κ1) is 10.7. The van der Waals surface area contributed by atoms with Gasteiger partial charge in [-0.3, -0.25) is 0 Å². The third-order valence-electron chi connectivity index (χ3n) is 2.28. The molecule has 0 aromatic carbocycles. The van der Waals surface area contributed by atoms with Crippen molar-refractivity contribution in [3.8, 4) is 5.88 Å². The van der Waals surface area contributed by atoms with E-state index in [0.29, 0.717) is 0 Å². The van der Waals surface area contributed by atoms with Gasteiger partial charge < -0.3 is 15.2 Å². The van der Waals surface area contributed by atoms with Gasteiger partial charge in [0.05, 0.1) is 7.11 Å². The van der Waals surface area contributed by atoms with E-state index in [0.717, 1.165) is 18.9 Å². The highest BCUT2D eigenvalue weighted by atomic mass is 19.1. The van der Waals surface area contributed by atoms with E-state index in [4.69, 9.17) is 5.11 Å². The van der Waals surface area contributed by atoms with Crippen molar-refractivity contribution >= 4 is 11.8 Å². The van der Waals surface area contributed by atoms with Gasteiger partial charge in [0.15, 0.2) is 5.82 Å². The maximum atomic E-state index is 13.1. The third-order valence-corrected chi connectivity index (χ3v) is 2.28. The van der Waals surface area contributed by atoms with Crippen LogP contribution in [0.4, 0.5) is 10.2 Å². The smallest absolute Gasteiger partial charge is 0.341 e. The molecule has 0 unspecified atom stereocenters. The van der Waals surface area contributed by atoms with E-state index in [9.17, 15) is 9.18 Å². The molecule has 0 atom stereocenters. The van der Waals surface area contributed by atoms with Crippen molar-refractivity contribution in [3.05, 3.63) is 17.4 Å². The summed E-state index contributed by atoms with van der Waals surface area (Å²) in [7, 11) is 1.20. The molecule has 2 rings (SSSR count). The number of hydrogen-bond donors (Lipinski definition) is 2. The lowest BCUT2D eigenvalue weighted by Gasteiger charge is -2.09. The molecule has 0 spiro atoms. The molecule has 0 amide bonds. The number of carbonyl (C=O) groups excluding carboxylic acids is 1. The average molecular weight is 226 g/mol. The van der Waals surface area contributed by atoms with Crippen molar-refractivity contribution in [2.45, 2.75) is 18.9 Å². The van der Waals surface area contributed by atoms with Crippen molar-refractivity contribution in [1.29, 1.82) is 0 Å². The number of hydrogen-bond acceptors (Lipinski definition) is 5. The fraction of sp³-hybridized carbons (Fsp3) is 0.400. The van der Waals surface area contributed by atoms with Crippen molar-refractivity contribution in [2.24, 2.45) is 0 Å². The lowest BCUT2D eigenvalue weighted by atomic mass is 10.2. The maximum Gasteiger partial charge on any atom is 0.341 e. The summed E-state index contributed by atoms with van der Waals surface area (Å²) in [6.07, 6.45) is 1.95. The Morgan fingerprint density at radius 2 is 2.38 bits per heavy atom. The Morgan fingerprint density at radius 3 is 2.94 bits per heavy atom. The van der Waals surface area contributed by atoms with E-state index in [-0.39, 0.29) is 17.4 Å². The van der Waals surface area contributed by atoms with E-state index in [1.807, 2.05) is 0 Å². The van der Waals surface area contributed by atoms with Crippen LogP contribution in [0.3, 0.4) is 0 Å². The highest BCUT2D eigenvalue weighted by Crippen LogP contribution is 2.28. The lowest BCUT2D eigenvalue weighted by molar-refractivity contribution is 0.0601. The van der Waals surface area contributed by atoms with Crippen LogP contribution in [0.2, 0.25) is 0 Å². The number of nitrogens with zero attached hydrogens (tertiary/aromatic N) is 1. The predicted octanol–water partition coefficient (Wildman–Crippen LogP) is 1.29. The summed E-state index contributed by atoms with van der Waals surface area (Å²) in [4.78, 5) is 14.9. The second-order valence-electron chi connectivity index (χ2n) is 3.60.